The minimum atomic E-state index is -0.0144. The number of nitrogens with one attached hydrogen (secondary N) is 1. The van der Waals surface area contributed by atoms with Crippen molar-refractivity contribution >= 4 is 5.91 Å². The van der Waals surface area contributed by atoms with Crippen molar-refractivity contribution in [1.82, 2.24) is 9.88 Å². The van der Waals surface area contributed by atoms with Crippen molar-refractivity contribution in [2.45, 2.75) is 46.0 Å². The fourth-order valence-electron chi connectivity index (χ4n) is 4.43. The molecule has 0 spiro atoms. The largest absolute Gasteiger partial charge is 0.351 e. The predicted molar refractivity (Wildman–Crippen MR) is 119 cm³/mol. The van der Waals surface area contributed by atoms with Gasteiger partial charge in [-0.2, -0.15) is 0 Å². The first-order chi connectivity index (χ1) is 14.0. The number of carbonyl (C=O) groups is 1. The Labute approximate surface area is 173 Å². The molecular weight excluding hydrogens is 356 g/mol. The van der Waals surface area contributed by atoms with Crippen LogP contribution in [0.15, 0.2) is 60.7 Å². The maximum Gasteiger partial charge on any atom is 0.251 e. The van der Waals surface area contributed by atoms with Crippen LogP contribution in [-0.2, 0) is 12.8 Å². The summed E-state index contributed by atoms with van der Waals surface area (Å²) in [4.78, 5) is 12.6. The van der Waals surface area contributed by atoms with E-state index in [-0.39, 0.29) is 11.8 Å². The highest BCUT2D eigenvalue weighted by Crippen LogP contribution is 2.30. The molecule has 0 aliphatic heterocycles. The van der Waals surface area contributed by atoms with E-state index in [1.54, 1.807) is 0 Å². The number of hydrogen-bond donors (Lipinski definition) is 1. The third kappa shape index (κ3) is 4.14. The monoisotopic (exact) mass is 386 g/mol. The molecule has 4 rings (SSSR count). The second-order valence-electron chi connectivity index (χ2n) is 8.51. The van der Waals surface area contributed by atoms with Crippen LogP contribution in [0.4, 0.5) is 0 Å². The minimum absolute atomic E-state index is 0.0144. The molecule has 3 aromatic rings. The third-order valence-corrected chi connectivity index (χ3v) is 6.14. The highest BCUT2D eigenvalue weighted by Gasteiger charge is 2.21. The molecule has 1 heterocycles. The fraction of sp³-hybridized carbons (Fsp3) is 0.346. The van der Waals surface area contributed by atoms with Crippen molar-refractivity contribution in [2.75, 3.05) is 6.54 Å². The summed E-state index contributed by atoms with van der Waals surface area (Å²) in [7, 11) is 0. The molecule has 1 N–H and O–H groups in total. The van der Waals surface area contributed by atoms with Gasteiger partial charge in [-0.1, -0.05) is 44.2 Å². The second-order valence-corrected chi connectivity index (χ2v) is 8.51. The van der Waals surface area contributed by atoms with Crippen LogP contribution < -0.4 is 5.32 Å². The zero-order chi connectivity index (χ0) is 20.4. The van der Waals surface area contributed by atoms with Gasteiger partial charge >= 0.3 is 0 Å². The van der Waals surface area contributed by atoms with E-state index >= 15 is 0 Å². The average Bonchev–Trinajstić information content (AvgIpc) is 3.07. The molecule has 1 amide bonds. The van der Waals surface area contributed by atoms with Gasteiger partial charge in [0.1, 0.15) is 0 Å². The lowest BCUT2D eigenvalue weighted by molar-refractivity contribution is 0.0951. The maximum atomic E-state index is 12.6. The van der Waals surface area contributed by atoms with E-state index in [1.807, 2.05) is 30.3 Å². The summed E-state index contributed by atoms with van der Waals surface area (Å²) in [5.41, 5.74) is 7.30. The van der Waals surface area contributed by atoms with Crippen molar-refractivity contribution in [3.8, 4) is 5.69 Å². The third-order valence-electron chi connectivity index (χ3n) is 6.14. The van der Waals surface area contributed by atoms with Crippen LogP contribution in [0.2, 0.25) is 0 Å². The van der Waals surface area contributed by atoms with Gasteiger partial charge in [-0.25, -0.2) is 0 Å². The van der Waals surface area contributed by atoms with Crippen LogP contribution in [0, 0.1) is 12.8 Å². The van der Waals surface area contributed by atoms with E-state index in [4.69, 9.17) is 0 Å². The number of fused-ring (bicyclic) bond motifs is 1. The van der Waals surface area contributed by atoms with Crippen molar-refractivity contribution in [1.29, 1.82) is 0 Å². The quantitative estimate of drug-likeness (QED) is 0.622. The van der Waals surface area contributed by atoms with Gasteiger partial charge in [-0.3, -0.25) is 4.79 Å². The van der Waals surface area contributed by atoms with Crippen molar-refractivity contribution in [3.63, 3.8) is 0 Å². The molecule has 2 aromatic carbocycles. The smallest absolute Gasteiger partial charge is 0.251 e. The van der Waals surface area contributed by atoms with Gasteiger partial charge in [0.25, 0.3) is 5.91 Å². The summed E-state index contributed by atoms with van der Waals surface area (Å²) in [6.45, 7) is 7.28. The van der Waals surface area contributed by atoms with E-state index in [2.05, 4.69) is 61.0 Å². The van der Waals surface area contributed by atoms with E-state index in [0.717, 1.165) is 18.0 Å². The Morgan fingerprint density at radius 3 is 2.59 bits per heavy atom. The summed E-state index contributed by atoms with van der Waals surface area (Å²) in [5, 5.41) is 3.07. The van der Waals surface area contributed by atoms with Crippen LogP contribution in [0.3, 0.4) is 0 Å². The van der Waals surface area contributed by atoms with E-state index in [9.17, 15) is 4.79 Å². The fourth-order valence-corrected chi connectivity index (χ4v) is 4.43. The number of carbonyl (C=O) groups excluding carboxylic acids is 1. The molecule has 0 bridgehead atoms. The summed E-state index contributed by atoms with van der Waals surface area (Å²) in [6.07, 6.45) is 3.55. The SMILES string of the molecule is Cc1cc2c(n1-c1ccc(C(=O)NCC(C)c3ccccc3)cc1)CCC(C)C2. The van der Waals surface area contributed by atoms with Crippen LogP contribution in [0.5, 0.6) is 0 Å². The second kappa shape index (κ2) is 8.28. The summed E-state index contributed by atoms with van der Waals surface area (Å²) >= 11 is 0. The van der Waals surface area contributed by atoms with Crippen LogP contribution in [0.25, 0.3) is 5.69 Å². The number of hydrogen-bond acceptors (Lipinski definition) is 1. The highest BCUT2D eigenvalue weighted by atomic mass is 16.1. The van der Waals surface area contributed by atoms with Gasteiger partial charge in [-0.05, 0) is 79.5 Å². The Morgan fingerprint density at radius 2 is 1.86 bits per heavy atom. The van der Waals surface area contributed by atoms with E-state index in [1.165, 1.54) is 35.4 Å². The number of amides is 1. The number of aryl methyl sites for hydroxylation is 1. The molecule has 3 heteroatoms. The van der Waals surface area contributed by atoms with Gasteiger partial charge in [0.05, 0.1) is 0 Å². The normalized spacial score (nSPS) is 16.9. The number of aromatic nitrogens is 1. The molecule has 1 aliphatic carbocycles. The van der Waals surface area contributed by atoms with Gasteiger partial charge < -0.3 is 9.88 Å². The van der Waals surface area contributed by atoms with Gasteiger partial charge in [0, 0.05) is 29.2 Å². The van der Waals surface area contributed by atoms with Gasteiger partial charge in [0.15, 0.2) is 0 Å². The molecule has 0 fully saturated rings. The lowest BCUT2D eigenvalue weighted by atomic mass is 9.89. The zero-order valence-corrected chi connectivity index (χ0v) is 17.6. The molecule has 2 unspecified atom stereocenters. The van der Waals surface area contributed by atoms with E-state index in [0.29, 0.717) is 12.1 Å². The molecular formula is C26H30N2O. The number of nitrogens with zero attached hydrogens (tertiary/aromatic N) is 1. The minimum Gasteiger partial charge on any atom is -0.351 e. The Balaban J connectivity index is 1.45. The molecule has 0 saturated heterocycles. The van der Waals surface area contributed by atoms with Gasteiger partial charge in [-0.15, -0.1) is 0 Å². The first kappa shape index (κ1) is 19.5. The van der Waals surface area contributed by atoms with Crippen molar-refractivity contribution in [3.05, 3.63) is 88.7 Å². The lowest BCUT2D eigenvalue weighted by Gasteiger charge is -2.21. The van der Waals surface area contributed by atoms with Crippen LogP contribution in [0.1, 0.15) is 59.1 Å². The molecule has 0 saturated carbocycles. The standard InChI is InChI=1S/C26H30N2O/c1-18-9-14-25-23(15-18)16-20(3)28(25)24-12-10-22(11-13-24)26(29)27-17-19(2)21-7-5-4-6-8-21/h4-8,10-13,16,18-19H,9,14-15,17H2,1-3H3,(H,27,29). The molecule has 2 atom stereocenters. The topological polar surface area (TPSA) is 34.0 Å². The molecule has 0 radical (unpaired) electrons. The van der Waals surface area contributed by atoms with E-state index < -0.39 is 0 Å². The Kier molecular flexibility index (Phi) is 5.57. The summed E-state index contributed by atoms with van der Waals surface area (Å²) in [6, 6.07) is 20.6. The average molecular weight is 387 g/mol. The first-order valence-electron chi connectivity index (χ1n) is 10.7. The predicted octanol–water partition coefficient (Wildman–Crippen LogP) is 5.44. The zero-order valence-electron chi connectivity index (χ0n) is 17.6. The van der Waals surface area contributed by atoms with Crippen LogP contribution >= 0.6 is 0 Å². The molecule has 3 nitrogen and oxygen atoms in total. The van der Waals surface area contributed by atoms with Crippen molar-refractivity contribution < 1.29 is 4.79 Å². The number of benzene rings is 2. The number of rotatable bonds is 5. The van der Waals surface area contributed by atoms with Gasteiger partial charge in [0.2, 0.25) is 0 Å². The molecule has 150 valence electrons. The summed E-state index contributed by atoms with van der Waals surface area (Å²) in [5.74, 6) is 1.04. The Bertz CT molecular complexity index is 986. The Morgan fingerprint density at radius 1 is 1.14 bits per heavy atom. The first-order valence-corrected chi connectivity index (χ1v) is 10.7. The Hall–Kier alpha value is -2.81. The molecule has 1 aromatic heterocycles. The lowest BCUT2D eigenvalue weighted by Crippen LogP contribution is -2.27. The molecule has 1 aliphatic rings. The molecule has 29 heavy (non-hydrogen) atoms. The maximum absolute atomic E-state index is 12.6. The van der Waals surface area contributed by atoms with Crippen LogP contribution in [-0.4, -0.2) is 17.0 Å². The summed E-state index contributed by atoms with van der Waals surface area (Å²) < 4.78 is 2.36. The highest BCUT2D eigenvalue weighted by molar-refractivity contribution is 5.94. The van der Waals surface area contributed by atoms with Crippen molar-refractivity contribution in [2.24, 2.45) is 5.92 Å².